The number of carbonyl (C=O) groups is 1. The summed E-state index contributed by atoms with van der Waals surface area (Å²) in [5.74, 6) is 0.745. The van der Waals surface area contributed by atoms with Gasteiger partial charge in [-0.3, -0.25) is 14.9 Å². The van der Waals surface area contributed by atoms with Crippen molar-refractivity contribution in [2.45, 2.75) is 0 Å². The van der Waals surface area contributed by atoms with Gasteiger partial charge in [0.2, 0.25) is 5.91 Å². The number of amides is 1. The fourth-order valence-corrected chi connectivity index (χ4v) is 1.96. The number of nitro benzene ring substituents is 1. The third-order valence-corrected chi connectivity index (χ3v) is 3.20. The molecule has 2 aromatic carbocycles. The fraction of sp³-hybridized carbons (Fsp3) is 0.118. The average molecular weight is 328 g/mol. The number of rotatable bonds is 6. The number of hydrogen-bond donors (Lipinski definition) is 1. The zero-order valence-corrected chi connectivity index (χ0v) is 13.2. The van der Waals surface area contributed by atoms with Crippen LogP contribution >= 0.6 is 0 Å². The Morgan fingerprint density at radius 2 is 1.83 bits per heavy atom. The first-order valence-corrected chi connectivity index (χ1v) is 6.99. The summed E-state index contributed by atoms with van der Waals surface area (Å²) >= 11 is 0. The molecule has 0 aliphatic carbocycles. The average Bonchev–Trinajstić information content (AvgIpc) is 2.60. The highest BCUT2D eigenvalue weighted by Crippen LogP contribution is 2.29. The first-order chi connectivity index (χ1) is 11.5. The van der Waals surface area contributed by atoms with E-state index in [0.29, 0.717) is 22.7 Å². The highest BCUT2D eigenvalue weighted by Gasteiger charge is 2.07. The molecule has 7 heteroatoms. The Bertz CT molecular complexity index is 769. The van der Waals surface area contributed by atoms with E-state index in [-0.39, 0.29) is 11.6 Å². The molecule has 0 spiro atoms. The van der Waals surface area contributed by atoms with E-state index >= 15 is 0 Å². The summed E-state index contributed by atoms with van der Waals surface area (Å²) in [7, 11) is 3.04. The molecule has 0 heterocycles. The summed E-state index contributed by atoms with van der Waals surface area (Å²) in [5.41, 5.74) is 1.19. The third kappa shape index (κ3) is 4.33. The molecule has 0 aliphatic heterocycles. The van der Waals surface area contributed by atoms with Gasteiger partial charge >= 0.3 is 0 Å². The molecule has 0 aromatic heterocycles. The first-order valence-electron chi connectivity index (χ1n) is 6.99. The van der Waals surface area contributed by atoms with Gasteiger partial charge in [-0.15, -0.1) is 0 Å². The van der Waals surface area contributed by atoms with E-state index in [1.807, 2.05) is 0 Å². The normalized spacial score (nSPS) is 10.4. The standard InChI is InChI=1S/C17H16N2O5/c1-23-14-8-9-15(16(11-14)24-2)18-17(20)10-5-12-3-6-13(7-4-12)19(21)22/h3-11H,1-2H3,(H,18,20)/b10-5+. The number of nitro groups is 1. The van der Waals surface area contributed by atoms with Crippen LogP contribution in [0.15, 0.2) is 48.5 Å². The van der Waals surface area contributed by atoms with Crippen molar-refractivity contribution in [2.24, 2.45) is 0 Å². The number of nitrogens with zero attached hydrogens (tertiary/aromatic N) is 1. The van der Waals surface area contributed by atoms with Gasteiger partial charge in [-0.05, 0) is 35.9 Å². The largest absolute Gasteiger partial charge is 0.497 e. The lowest BCUT2D eigenvalue weighted by atomic mass is 10.2. The Morgan fingerprint density at radius 1 is 1.12 bits per heavy atom. The molecule has 0 saturated heterocycles. The van der Waals surface area contributed by atoms with Crippen molar-refractivity contribution in [3.8, 4) is 11.5 Å². The molecule has 0 aliphatic rings. The van der Waals surface area contributed by atoms with E-state index in [2.05, 4.69) is 5.32 Å². The second kappa shape index (κ2) is 7.77. The second-order valence-corrected chi connectivity index (χ2v) is 4.74. The number of nitrogens with one attached hydrogen (secondary N) is 1. The zero-order valence-electron chi connectivity index (χ0n) is 13.2. The van der Waals surface area contributed by atoms with Gasteiger partial charge in [0, 0.05) is 24.3 Å². The predicted octanol–water partition coefficient (Wildman–Crippen LogP) is 3.26. The van der Waals surface area contributed by atoms with Crippen LogP contribution in [-0.4, -0.2) is 25.1 Å². The van der Waals surface area contributed by atoms with Crippen molar-refractivity contribution in [1.29, 1.82) is 0 Å². The van der Waals surface area contributed by atoms with Crippen molar-refractivity contribution in [3.63, 3.8) is 0 Å². The molecule has 1 amide bonds. The number of ether oxygens (including phenoxy) is 2. The number of non-ortho nitro benzene ring substituents is 1. The van der Waals surface area contributed by atoms with Gasteiger partial charge in [-0.2, -0.15) is 0 Å². The molecule has 0 unspecified atom stereocenters. The van der Waals surface area contributed by atoms with Crippen LogP contribution in [0, 0.1) is 10.1 Å². The Hall–Kier alpha value is -3.35. The van der Waals surface area contributed by atoms with E-state index in [1.165, 1.54) is 25.3 Å². The molecule has 124 valence electrons. The third-order valence-electron chi connectivity index (χ3n) is 3.20. The number of anilines is 1. The molecule has 24 heavy (non-hydrogen) atoms. The van der Waals surface area contributed by atoms with Crippen LogP contribution in [0.2, 0.25) is 0 Å². The van der Waals surface area contributed by atoms with Gasteiger partial charge in [0.25, 0.3) is 5.69 Å². The van der Waals surface area contributed by atoms with Gasteiger partial charge in [0.05, 0.1) is 24.8 Å². The lowest BCUT2D eigenvalue weighted by Crippen LogP contribution is -2.09. The highest BCUT2D eigenvalue weighted by atomic mass is 16.6. The molecule has 0 bridgehead atoms. The van der Waals surface area contributed by atoms with Crippen LogP contribution in [0.4, 0.5) is 11.4 Å². The Labute approximate surface area is 138 Å². The minimum absolute atomic E-state index is 0.000397. The van der Waals surface area contributed by atoms with E-state index in [1.54, 1.807) is 43.5 Å². The Balaban J connectivity index is 2.06. The molecular formula is C17H16N2O5. The van der Waals surface area contributed by atoms with Crippen LogP contribution in [0.5, 0.6) is 11.5 Å². The number of benzene rings is 2. The van der Waals surface area contributed by atoms with E-state index in [0.717, 1.165) is 0 Å². The van der Waals surface area contributed by atoms with Gasteiger partial charge in [-0.25, -0.2) is 0 Å². The van der Waals surface area contributed by atoms with Crippen LogP contribution < -0.4 is 14.8 Å². The molecule has 0 fully saturated rings. The van der Waals surface area contributed by atoms with Crippen LogP contribution in [-0.2, 0) is 4.79 Å². The highest BCUT2D eigenvalue weighted by molar-refractivity contribution is 6.02. The summed E-state index contributed by atoms with van der Waals surface area (Å²) in [6, 6.07) is 10.9. The zero-order chi connectivity index (χ0) is 17.5. The SMILES string of the molecule is COc1ccc(NC(=O)/C=C/c2ccc([N+](=O)[O-])cc2)c(OC)c1. The maximum atomic E-state index is 12.0. The van der Waals surface area contributed by atoms with E-state index in [4.69, 9.17) is 9.47 Å². The maximum Gasteiger partial charge on any atom is 0.269 e. The van der Waals surface area contributed by atoms with E-state index < -0.39 is 4.92 Å². The number of methoxy groups -OCH3 is 2. The van der Waals surface area contributed by atoms with Crippen LogP contribution in [0.3, 0.4) is 0 Å². The predicted molar refractivity (Wildman–Crippen MR) is 90.3 cm³/mol. The summed E-state index contributed by atoms with van der Waals surface area (Å²) in [5, 5.41) is 13.3. The summed E-state index contributed by atoms with van der Waals surface area (Å²) in [4.78, 5) is 22.1. The second-order valence-electron chi connectivity index (χ2n) is 4.74. The monoisotopic (exact) mass is 328 g/mol. The van der Waals surface area contributed by atoms with Gasteiger partial charge in [0.1, 0.15) is 11.5 Å². The topological polar surface area (TPSA) is 90.7 Å². The Morgan fingerprint density at radius 3 is 2.42 bits per heavy atom. The molecule has 2 rings (SSSR count). The summed E-state index contributed by atoms with van der Waals surface area (Å²) in [6.45, 7) is 0. The quantitative estimate of drug-likeness (QED) is 0.499. The molecule has 1 N–H and O–H groups in total. The van der Waals surface area contributed by atoms with Crippen molar-refractivity contribution in [1.82, 2.24) is 0 Å². The van der Waals surface area contributed by atoms with E-state index in [9.17, 15) is 14.9 Å². The van der Waals surface area contributed by atoms with Gasteiger partial charge in [0.15, 0.2) is 0 Å². The van der Waals surface area contributed by atoms with Crippen molar-refractivity contribution in [2.75, 3.05) is 19.5 Å². The molecule has 0 atom stereocenters. The van der Waals surface area contributed by atoms with Crippen molar-refractivity contribution < 1.29 is 19.2 Å². The molecule has 0 radical (unpaired) electrons. The number of hydrogen-bond acceptors (Lipinski definition) is 5. The van der Waals surface area contributed by atoms with Crippen molar-refractivity contribution >= 4 is 23.4 Å². The first kappa shape index (κ1) is 17.0. The lowest BCUT2D eigenvalue weighted by Gasteiger charge is -2.10. The van der Waals surface area contributed by atoms with Crippen LogP contribution in [0.1, 0.15) is 5.56 Å². The lowest BCUT2D eigenvalue weighted by molar-refractivity contribution is -0.384. The summed E-state index contributed by atoms with van der Waals surface area (Å²) < 4.78 is 10.3. The Kier molecular flexibility index (Phi) is 5.51. The van der Waals surface area contributed by atoms with Crippen molar-refractivity contribution in [3.05, 3.63) is 64.2 Å². The molecule has 0 saturated carbocycles. The van der Waals surface area contributed by atoms with Gasteiger partial charge in [-0.1, -0.05) is 0 Å². The fourth-order valence-electron chi connectivity index (χ4n) is 1.96. The smallest absolute Gasteiger partial charge is 0.269 e. The maximum absolute atomic E-state index is 12.0. The minimum atomic E-state index is -0.476. The molecule has 7 nitrogen and oxygen atoms in total. The number of carbonyl (C=O) groups excluding carboxylic acids is 1. The summed E-state index contributed by atoms with van der Waals surface area (Å²) in [6.07, 6.45) is 2.90. The van der Waals surface area contributed by atoms with Crippen LogP contribution in [0.25, 0.3) is 6.08 Å². The van der Waals surface area contributed by atoms with Gasteiger partial charge < -0.3 is 14.8 Å². The molecule has 2 aromatic rings. The molecular weight excluding hydrogens is 312 g/mol. The minimum Gasteiger partial charge on any atom is -0.497 e.